The molecular formula is C6H7N3OS. The third-order valence-corrected chi connectivity index (χ3v) is 1.80. The summed E-state index contributed by atoms with van der Waals surface area (Å²) in [5.41, 5.74) is 5.59. The van der Waals surface area contributed by atoms with Crippen molar-refractivity contribution in [2.75, 3.05) is 5.73 Å². The summed E-state index contributed by atoms with van der Waals surface area (Å²) < 4.78 is 0. The third-order valence-electron chi connectivity index (χ3n) is 1.13. The summed E-state index contributed by atoms with van der Waals surface area (Å²) in [4.78, 5) is 14.4. The Balaban J connectivity index is 2.94. The molecule has 0 saturated heterocycles. The Morgan fingerprint density at radius 1 is 1.82 bits per heavy atom. The van der Waals surface area contributed by atoms with Crippen LogP contribution >= 0.6 is 11.3 Å². The summed E-state index contributed by atoms with van der Waals surface area (Å²) in [6, 6.07) is 0. The van der Waals surface area contributed by atoms with E-state index in [-0.39, 0.29) is 11.5 Å². The number of nitrogen functional groups attached to an aromatic ring is 1. The van der Waals surface area contributed by atoms with Crippen LogP contribution in [0.2, 0.25) is 0 Å². The van der Waals surface area contributed by atoms with E-state index < -0.39 is 0 Å². The number of Topliss-reactive ketones (excluding diaryl/α,β-unsaturated/α-hetero) is 1. The van der Waals surface area contributed by atoms with E-state index in [1.54, 1.807) is 5.38 Å². The van der Waals surface area contributed by atoms with Crippen LogP contribution in [0.5, 0.6) is 0 Å². The van der Waals surface area contributed by atoms with Crippen LogP contribution in [0.4, 0.5) is 5.13 Å². The summed E-state index contributed by atoms with van der Waals surface area (Å²) >= 11 is 1.22. The summed E-state index contributed by atoms with van der Waals surface area (Å²) in [7, 11) is 0. The van der Waals surface area contributed by atoms with E-state index in [2.05, 4.69) is 4.98 Å². The molecular weight excluding hydrogens is 162 g/mol. The Kier molecular flexibility index (Phi) is 2.00. The maximum atomic E-state index is 10.7. The molecule has 4 nitrogen and oxygen atoms in total. The highest BCUT2D eigenvalue weighted by atomic mass is 32.1. The molecule has 1 aromatic heterocycles. The smallest absolute Gasteiger partial charge is 0.180 e. The van der Waals surface area contributed by atoms with E-state index in [0.717, 1.165) is 0 Å². The average Bonchev–Trinajstić information content (AvgIpc) is 2.34. The van der Waals surface area contributed by atoms with Gasteiger partial charge in [0.25, 0.3) is 0 Å². The van der Waals surface area contributed by atoms with Crippen molar-refractivity contribution in [3.63, 3.8) is 0 Å². The molecule has 0 unspecified atom stereocenters. The highest BCUT2D eigenvalue weighted by Crippen LogP contribution is 2.11. The van der Waals surface area contributed by atoms with Crippen LogP contribution in [-0.2, 0) is 4.79 Å². The van der Waals surface area contributed by atoms with Gasteiger partial charge in [0.15, 0.2) is 10.9 Å². The van der Waals surface area contributed by atoms with Crippen molar-refractivity contribution in [1.82, 2.24) is 4.98 Å². The van der Waals surface area contributed by atoms with E-state index >= 15 is 0 Å². The fourth-order valence-electron chi connectivity index (χ4n) is 0.583. The zero-order valence-electron chi connectivity index (χ0n) is 5.92. The number of anilines is 1. The number of ketones is 1. The fourth-order valence-corrected chi connectivity index (χ4v) is 1.14. The van der Waals surface area contributed by atoms with Crippen molar-refractivity contribution in [3.8, 4) is 0 Å². The summed E-state index contributed by atoms with van der Waals surface area (Å²) in [6.07, 6.45) is 0. The number of rotatable bonds is 2. The average molecular weight is 169 g/mol. The van der Waals surface area contributed by atoms with Gasteiger partial charge in [0, 0.05) is 12.3 Å². The van der Waals surface area contributed by atoms with Crippen molar-refractivity contribution in [2.45, 2.75) is 6.92 Å². The number of nitrogens with zero attached hydrogens (tertiary/aromatic N) is 1. The van der Waals surface area contributed by atoms with Gasteiger partial charge in [0.05, 0.1) is 0 Å². The minimum Gasteiger partial charge on any atom is -0.375 e. The number of carbonyl (C=O) groups is 1. The van der Waals surface area contributed by atoms with Gasteiger partial charge in [0.2, 0.25) is 0 Å². The number of hydrogen-bond acceptors (Lipinski definition) is 5. The SMILES string of the molecule is CC(=O)C(=N)c1csc(N)n1. The number of aromatic nitrogens is 1. The second-order valence-corrected chi connectivity index (χ2v) is 2.89. The molecule has 0 fully saturated rings. The monoisotopic (exact) mass is 169 g/mol. The van der Waals surface area contributed by atoms with Crippen LogP contribution in [0.15, 0.2) is 5.38 Å². The highest BCUT2D eigenvalue weighted by Gasteiger charge is 2.09. The minimum atomic E-state index is -0.296. The molecule has 0 aliphatic heterocycles. The van der Waals surface area contributed by atoms with Crippen LogP contribution in [0.25, 0.3) is 0 Å². The number of nitrogens with one attached hydrogen (secondary N) is 1. The van der Waals surface area contributed by atoms with Gasteiger partial charge in [-0.1, -0.05) is 0 Å². The standard InChI is InChI=1S/C6H7N3OS/c1-3(10)5(7)4-2-11-6(8)9-4/h2,7H,1H3,(H2,8,9). The lowest BCUT2D eigenvalue weighted by Gasteiger charge is -1.90. The van der Waals surface area contributed by atoms with E-state index in [0.29, 0.717) is 10.8 Å². The second kappa shape index (κ2) is 2.79. The fraction of sp³-hybridized carbons (Fsp3) is 0.167. The molecule has 1 heterocycles. The molecule has 0 saturated carbocycles. The minimum absolute atomic E-state index is 0.0852. The first kappa shape index (κ1) is 7.87. The Morgan fingerprint density at radius 3 is 2.82 bits per heavy atom. The van der Waals surface area contributed by atoms with Crippen LogP contribution in [0, 0.1) is 5.41 Å². The van der Waals surface area contributed by atoms with Crippen molar-refractivity contribution in [3.05, 3.63) is 11.1 Å². The first-order valence-corrected chi connectivity index (χ1v) is 3.80. The normalized spacial score (nSPS) is 9.55. The van der Waals surface area contributed by atoms with Gasteiger partial charge in [-0.15, -0.1) is 11.3 Å². The molecule has 1 aromatic rings. The number of carbonyl (C=O) groups excluding carboxylic acids is 1. The zero-order valence-corrected chi connectivity index (χ0v) is 6.73. The summed E-state index contributed by atoms with van der Waals surface area (Å²) in [5.74, 6) is -0.296. The molecule has 0 radical (unpaired) electrons. The van der Waals surface area contributed by atoms with Crippen LogP contribution < -0.4 is 5.73 Å². The quantitative estimate of drug-likeness (QED) is 0.639. The van der Waals surface area contributed by atoms with Gasteiger partial charge in [-0.2, -0.15) is 0 Å². The first-order valence-electron chi connectivity index (χ1n) is 2.92. The molecule has 0 amide bonds. The molecule has 0 aliphatic rings. The van der Waals surface area contributed by atoms with E-state index in [1.165, 1.54) is 18.3 Å². The Labute approximate surface area is 67.6 Å². The highest BCUT2D eigenvalue weighted by molar-refractivity contribution is 7.13. The van der Waals surface area contributed by atoms with Crippen LogP contribution in [0.1, 0.15) is 12.6 Å². The molecule has 11 heavy (non-hydrogen) atoms. The van der Waals surface area contributed by atoms with Crippen molar-refractivity contribution in [2.24, 2.45) is 0 Å². The van der Waals surface area contributed by atoms with Gasteiger partial charge >= 0.3 is 0 Å². The summed E-state index contributed by atoms with van der Waals surface area (Å²) in [6.45, 7) is 1.33. The van der Waals surface area contributed by atoms with Gasteiger partial charge in [-0.25, -0.2) is 4.98 Å². The molecule has 0 spiro atoms. The van der Waals surface area contributed by atoms with Gasteiger partial charge < -0.3 is 5.73 Å². The maximum absolute atomic E-state index is 10.7. The van der Waals surface area contributed by atoms with Crippen molar-refractivity contribution >= 4 is 28.0 Å². The summed E-state index contributed by atoms with van der Waals surface area (Å²) in [5, 5.41) is 9.21. The molecule has 0 atom stereocenters. The number of thiazole rings is 1. The first-order chi connectivity index (χ1) is 5.11. The molecule has 1 rings (SSSR count). The lowest BCUT2D eigenvalue weighted by Crippen LogP contribution is -2.10. The second-order valence-electron chi connectivity index (χ2n) is 2.00. The molecule has 3 N–H and O–H groups in total. The lowest BCUT2D eigenvalue weighted by molar-refractivity contribution is -0.111. The third kappa shape index (κ3) is 1.62. The van der Waals surface area contributed by atoms with Crippen LogP contribution in [-0.4, -0.2) is 16.5 Å². The van der Waals surface area contributed by atoms with Gasteiger partial charge in [-0.05, 0) is 0 Å². The van der Waals surface area contributed by atoms with Crippen molar-refractivity contribution in [1.29, 1.82) is 5.41 Å². The molecule has 0 aromatic carbocycles. The predicted molar refractivity (Wildman–Crippen MR) is 44.0 cm³/mol. The Hall–Kier alpha value is -1.23. The Bertz CT molecular complexity index is 305. The van der Waals surface area contributed by atoms with Crippen LogP contribution in [0.3, 0.4) is 0 Å². The molecule has 0 aliphatic carbocycles. The Morgan fingerprint density at radius 2 is 2.45 bits per heavy atom. The molecule has 58 valence electrons. The molecule has 0 bridgehead atoms. The van der Waals surface area contributed by atoms with E-state index in [9.17, 15) is 4.79 Å². The topological polar surface area (TPSA) is 79.8 Å². The zero-order chi connectivity index (χ0) is 8.43. The van der Waals surface area contributed by atoms with E-state index in [4.69, 9.17) is 11.1 Å². The largest absolute Gasteiger partial charge is 0.375 e. The number of hydrogen-bond donors (Lipinski definition) is 2. The molecule has 5 heteroatoms. The lowest BCUT2D eigenvalue weighted by atomic mass is 10.2. The predicted octanol–water partition coefficient (Wildman–Crippen LogP) is 0.682. The maximum Gasteiger partial charge on any atom is 0.180 e. The van der Waals surface area contributed by atoms with Crippen molar-refractivity contribution < 1.29 is 4.79 Å². The number of nitrogens with two attached hydrogens (primary N) is 1. The van der Waals surface area contributed by atoms with E-state index in [1.807, 2.05) is 0 Å². The van der Waals surface area contributed by atoms with Gasteiger partial charge in [-0.3, -0.25) is 10.2 Å². The van der Waals surface area contributed by atoms with Gasteiger partial charge in [0.1, 0.15) is 11.4 Å².